The zero-order chi connectivity index (χ0) is 11.7. The lowest BCUT2D eigenvalue weighted by Gasteiger charge is -2.16. The molecule has 0 aromatic rings. The zero-order valence-electron chi connectivity index (χ0n) is 9.75. The SMILES string of the molecule is CC(C)(CO)CO.O=C1CCCCCN1. The molecule has 0 aromatic carbocycles. The normalized spacial score (nSPS) is 17.2. The molecule has 1 rings (SSSR count). The molecule has 1 saturated heterocycles. The van der Waals surface area contributed by atoms with Gasteiger partial charge in [0, 0.05) is 18.4 Å². The fourth-order valence-electron chi connectivity index (χ4n) is 0.954. The Kier molecular flexibility index (Phi) is 7.34. The molecule has 3 N–H and O–H groups in total. The van der Waals surface area contributed by atoms with E-state index in [0.29, 0.717) is 0 Å². The van der Waals surface area contributed by atoms with Crippen molar-refractivity contribution in [2.24, 2.45) is 5.41 Å². The summed E-state index contributed by atoms with van der Waals surface area (Å²) >= 11 is 0. The second-order valence-electron chi connectivity index (χ2n) is 4.64. The van der Waals surface area contributed by atoms with E-state index in [1.807, 2.05) is 0 Å². The Hall–Kier alpha value is -0.610. The van der Waals surface area contributed by atoms with Crippen molar-refractivity contribution in [3.63, 3.8) is 0 Å². The van der Waals surface area contributed by atoms with Crippen molar-refractivity contribution < 1.29 is 15.0 Å². The molecule has 1 aliphatic rings. The highest BCUT2D eigenvalue weighted by molar-refractivity contribution is 5.75. The molecule has 15 heavy (non-hydrogen) atoms. The minimum Gasteiger partial charge on any atom is -0.396 e. The van der Waals surface area contributed by atoms with E-state index >= 15 is 0 Å². The maximum absolute atomic E-state index is 10.6. The fourth-order valence-corrected chi connectivity index (χ4v) is 0.954. The summed E-state index contributed by atoms with van der Waals surface area (Å²) in [5.74, 6) is 0.225. The third kappa shape index (κ3) is 8.39. The number of carbonyl (C=O) groups excluding carboxylic acids is 1. The van der Waals surface area contributed by atoms with Gasteiger partial charge >= 0.3 is 0 Å². The van der Waals surface area contributed by atoms with E-state index < -0.39 is 0 Å². The number of amides is 1. The van der Waals surface area contributed by atoms with Crippen LogP contribution >= 0.6 is 0 Å². The van der Waals surface area contributed by atoms with Crippen molar-refractivity contribution in [2.75, 3.05) is 19.8 Å². The fraction of sp³-hybridized carbons (Fsp3) is 0.909. The van der Waals surface area contributed by atoms with Crippen molar-refractivity contribution in [3.8, 4) is 0 Å². The van der Waals surface area contributed by atoms with Gasteiger partial charge in [-0.1, -0.05) is 20.3 Å². The maximum atomic E-state index is 10.6. The summed E-state index contributed by atoms with van der Waals surface area (Å²) in [6.07, 6.45) is 4.18. The highest BCUT2D eigenvalue weighted by atomic mass is 16.3. The van der Waals surface area contributed by atoms with E-state index in [1.54, 1.807) is 13.8 Å². The predicted molar refractivity (Wildman–Crippen MR) is 59.4 cm³/mol. The zero-order valence-corrected chi connectivity index (χ0v) is 9.75. The number of aliphatic hydroxyl groups excluding tert-OH is 2. The average molecular weight is 217 g/mol. The van der Waals surface area contributed by atoms with E-state index in [9.17, 15) is 4.79 Å². The van der Waals surface area contributed by atoms with Gasteiger partial charge in [-0.05, 0) is 12.8 Å². The van der Waals surface area contributed by atoms with Crippen LogP contribution in [0.1, 0.15) is 39.5 Å². The van der Waals surface area contributed by atoms with Crippen LogP contribution in [0.4, 0.5) is 0 Å². The van der Waals surface area contributed by atoms with Gasteiger partial charge in [-0.15, -0.1) is 0 Å². The molecular weight excluding hydrogens is 194 g/mol. The molecule has 0 unspecified atom stereocenters. The highest BCUT2D eigenvalue weighted by Crippen LogP contribution is 2.10. The van der Waals surface area contributed by atoms with E-state index in [2.05, 4.69) is 5.32 Å². The van der Waals surface area contributed by atoms with E-state index in [4.69, 9.17) is 10.2 Å². The van der Waals surface area contributed by atoms with Gasteiger partial charge < -0.3 is 15.5 Å². The Morgan fingerprint density at radius 1 is 1.20 bits per heavy atom. The van der Waals surface area contributed by atoms with Crippen molar-refractivity contribution >= 4 is 5.91 Å². The molecule has 0 spiro atoms. The van der Waals surface area contributed by atoms with Gasteiger partial charge in [-0.3, -0.25) is 4.79 Å². The number of aliphatic hydroxyl groups is 2. The lowest BCUT2D eigenvalue weighted by molar-refractivity contribution is -0.120. The molecule has 0 aromatic heterocycles. The average Bonchev–Trinajstić information content (AvgIpc) is 2.47. The van der Waals surface area contributed by atoms with Crippen LogP contribution in [0, 0.1) is 5.41 Å². The van der Waals surface area contributed by atoms with Crippen LogP contribution in [-0.2, 0) is 4.79 Å². The van der Waals surface area contributed by atoms with Gasteiger partial charge in [0.15, 0.2) is 0 Å². The second kappa shape index (κ2) is 7.65. The molecule has 0 aliphatic carbocycles. The van der Waals surface area contributed by atoms with Crippen molar-refractivity contribution in [2.45, 2.75) is 39.5 Å². The smallest absolute Gasteiger partial charge is 0.219 e. The van der Waals surface area contributed by atoms with Crippen LogP contribution in [0.2, 0.25) is 0 Å². The summed E-state index contributed by atoms with van der Waals surface area (Å²) in [6, 6.07) is 0. The standard InChI is InChI=1S/C6H11NO.C5H12O2/c8-6-4-2-1-3-5-7-6;1-5(2,3-6)4-7/h1-5H2,(H,7,8);6-7H,3-4H2,1-2H3. The number of rotatable bonds is 2. The second-order valence-corrected chi connectivity index (χ2v) is 4.64. The molecule has 90 valence electrons. The molecule has 0 saturated carbocycles. The van der Waals surface area contributed by atoms with Crippen molar-refractivity contribution in [1.82, 2.24) is 5.32 Å². The quantitative estimate of drug-likeness (QED) is 0.637. The molecule has 1 fully saturated rings. The van der Waals surface area contributed by atoms with Gasteiger partial charge in [-0.25, -0.2) is 0 Å². The lowest BCUT2D eigenvalue weighted by Crippen LogP contribution is -2.21. The molecule has 1 amide bonds. The molecule has 1 heterocycles. The number of hydrogen-bond acceptors (Lipinski definition) is 3. The Morgan fingerprint density at radius 2 is 1.80 bits per heavy atom. The van der Waals surface area contributed by atoms with E-state index in [0.717, 1.165) is 25.8 Å². The summed E-state index contributed by atoms with van der Waals surface area (Å²) < 4.78 is 0. The van der Waals surface area contributed by atoms with Crippen LogP contribution < -0.4 is 5.32 Å². The molecule has 0 atom stereocenters. The molecule has 0 radical (unpaired) electrons. The molecule has 1 aliphatic heterocycles. The Balaban J connectivity index is 0.000000265. The van der Waals surface area contributed by atoms with Crippen LogP contribution in [0.3, 0.4) is 0 Å². The first-order valence-corrected chi connectivity index (χ1v) is 5.50. The lowest BCUT2D eigenvalue weighted by atomic mass is 9.97. The van der Waals surface area contributed by atoms with Crippen LogP contribution in [-0.4, -0.2) is 35.9 Å². The Morgan fingerprint density at radius 3 is 2.27 bits per heavy atom. The van der Waals surface area contributed by atoms with Crippen LogP contribution in [0.25, 0.3) is 0 Å². The first-order valence-electron chi connectivity index (χ1n) is 5.50. The summed E-state index contributed by atoms with van der Waals surface area (Å²) in [5, 5.41) is 19.7. The number of carbonyl (C=O) groups is 1. The van der Waals surface area contributed by atoms with E-state index in [1.165, 1.54) is 6.42 Å². The first-order chi connectivity index (χ1) is 7.02. The first kappa shape index (κ1) is 14.4. The van der Waals surface area contributed by atoms with Gasteiger partial charge in [-0.2, -0.15) is 0 Å². The van der Waals surface area contributed by atoms with Crippen molar-refractivity contribution in [1.29, 1.82) is 0 Å². The van der Waals surface area contributed by atoms with Gasteiger partial charge in [0.25, 0.3) is 0 Å². The van der Waals surface area contributed by atoms with Crippen LogP contribution in [0.5, 0.6) is 0 Å². The summed E-state index contributed by atoms with van der Waals surface area (Å²) in [6.45, 7) is 4.58. The summed E-state index contributed by atoms with van der Waals surface area (Å²) in [5.41, 5.74) is -0.306. The van der Waals surface area contributed by atoms with Crippen molar-refractivity contribution in [3.05, 3.63) is 0 Å². The number of hydrogen-bond donors (Lipinski definition) is 3. The van der Waals surface area contributed by atoms with E-state index in [-0.39, 0.29) is 24.5 Å². The summed E-state index contributed by atoms with van der Waals surface area (Å²) in [7, 11) is 0. The van der Waals surface area contributed by atoms with Gasteiger partial charge in [0.1, 0.15) is 0 Å². The molecule has 4 nitrogen and oxygen atoms in total. The Labute approximate surface area is 91.7 Å². The summed E-state index contributed by atoms with van der Waals surface area (Å²) in [4.78, 5) is 10.6. The third-order valence-electron chi connectivity index (χ3n) is 2.26. The number of nitrogens with one attached hydrogen (secondary N) is 1. The van der Waals surface area contributed by atoms with Gasteiger partial charge in [0.05, 0.1) is 13.2 Å². The topological polar surface area (TPSA) is 69.6 Å². The highest BCUT2D eigenvalue weighted by Gasteiger charge is 2.13. The molecular formula is C11H23NO3. The third-order valence-corrected chi connectivity index (χ3v) is 2.26. The minimum atomic E-state index is -0.306. The monoisotopic (exact) mass is 217 g/mol. The van der Waals surface area contributed by atoms with Gasteiger partial charge in [0.2, 0.25) is 5.91 Å². The minimum absolute atomic E-state index is 0.0451. The molecule has 0 bridgehead atoms. The predicted octanol–water partition coefficient (Wildman–Crippen LogP) is 0.674. The maximum Gasteiger partial charge on any atom is 0.219 e. The molecule has 4 heteroatoms. The van der Waals surface area contributed by atoms with Crippen LogP contribution in [0.15, 0.2) is 0 Å². The Bertz CT molecular complexity index is 165. The largest absolute Gasteiger partial charge is 0.396 e.